The lowest BCUT2D eigenvalue weighted by atomic mass is 9.76. The lowest BCUT2D eigenvalue weighted by molar-refractivity contribution is -0.143. The Morgan fingerprint density at radius 1 is 0.857 bits per heavy atom. The molecule has 2 bridgehead atoms. The lowest BCUT2D eigenvalue weighted by Gasteiger charge is -2.52. The summed E-state index contributed by atoms with van der Waals surface area (Å²) >= 11 is 0. The second-order valence-corrected chi connectivity index (χ2v) is 11.5. The molecule has 5 rings (SSSR count). The molecule has 4 atom stereocenters. The van der Waals surface area contributed by atoms with Crippen LogP contribution in [-0.4, -0.2) is 47.4 Å². The number of piperidine rings is 2. The Labute approximate surface area is 241 Å². The first-order valence-electron chi connectivity index (χ1n) is 14.0. The summed E-state index contributed by atoms with van der Waals surface area (Å²) in [4.78, 5) is 19.5. The minimum absolute atomic E-state index is 0.108. The summed E-state index contributed by atoms with van der Waals surface area (Å²) in [6.07, 6.45) is -9.00. The maximum absolute atomic E-state index is 14.1. The standard InChI is InChI=1S/C32H33F6N3O/c1-21(25-14-27(31(33,34)35)16-28(15-25)32(36,37)38)39(2)30(42)41-19-23-13-26(29(41)24-11-7-4-8-12-24)20-40(18-23)17-22-9-5-3-6-10-22/h3-12,14-16,21,23,26,29H,13,17-20H2,1-2H3. The van der Waals surface area contributed by atoms with Crippen molar-refractivity contribution in [3.63, 3.8) is 0 Å². The minimum atomic E-state index is -4.97. The second kappa shape index (κ2) is 11.6. The van der Waals surface area contributed by atoms with Gasteiger partial charge in [-0.15, -0.1) is 0 Å². The Morgan fingerprint density at radius 3 is 2.00 bits per heavy atom. The van der Waals surface area contributed by atoms with Crippen molar-refractivity contribution in [3.8, 4) is 0 Å². The van der Waals surface area contributed by atoms with Crippen molar-refractivity contribution in [2.45, 2.75) is 44.3 Å². The number of amides is 2. The zero-order chi connectivity index (χ0) is 30.2. The van der Waals surface area contributed by atoms with Gasteiger partial charge in [0.2, 0.25) is 0 Å². The van der Waals surface area contributed by atoms with Gasteiger partial charge in [0.1, 0.15) is 0 Å². The molecule has 3 aromatic carbocycles. The molecule has 2 heterocycles. The van der Waals surface area contributed by atoms with Crippen LogP contribution in [0.25, 0.3) is 0 Å². The highest BCUT2D eigenvalue weighted by Gasteiger charge is 2.45. The number of fused-ring (bicyclic) bond motifs is 2. The number of benzene rings is 3. The average Bonchev–Trinajstić information content (AvgIpc) is 2.95. The number of carbonyl (C=O) groups is 1. The van der Waals surface area contributed by atoms with Gasteiger partial charge in [0.05, 0.1) is 23.2 Å². The summed E-state index contributed by atoms with van der Waals surface area (Å²) in [5.41, 5.74) is -0.859. The molecule has 0 spiro atoms. The van der Waals surface area contributed by atoms with Crippen molar-refractivity contribution in [3.05, 3.63) is 107 Å². The van der Waals surface area contributed by atoms with E-state index in [9.17, 15) is 31.1 Å². The topological polar surface area (TPSA) is 26.8 Å². The van der Waals surface area contributed by atoms with Gasteiger partial charge >= 0.3 is 18.4 Å². The predicted molar refractivity (Wildman–Crippen MR) is 147 cm³/mol. The Balaban J connectivity index is 1.43. The largest absolute Gasteiger partial charge is 0.416 e. The van der Waals surface area contributed by atoms with Crippen molar-refractivity contribution in [1.29, 1.82) is 0 Å². The highest BCUT2D eigenvalue weighted by Crippen LogP contribution is 2.44. The van der Waals surface area contributed by atoms with E-state index in [1.807, 2.05) is 48.5 Å². The summed E-state index contributed by atoms with van der Waals surface area (Å²) in [6, 6.07) is 19.6. The lowest BCUT2D eigenvalue weighted by Crippen LogP contribution is -2.57. The Hall–Kier alpha value is -3.53. The number of hydrogen-bond donors (Lipinski definition) is 0. The molecule has 4 nitrogen and oxygen atoms in total. The van der Waals surface area contributed by atoms with Crippen LogP contribution >= 0.6 is 0 Å². The first-order chi connectivity index (χ1) is 19.8. The molecular weight excluding hydrogens is 556 g/mol. The van der Waals surface area contributed by atoms with E-state index in [1.54, 1.807) is 4.90 Å². The third-order valence-electron chi connectivity index (χ3n) is 8.49. The molecule has 0 radical (unpaired) electrons. The third kappa shape index (κ3) is 6.43. The summed E-state index contributed by atoms with van der Waals surface area (Å²) < 4.78 is 81.2. The van der Waals surface area contributed by atoms with Gasteiger partial charge in [-0.05, 0) is 60.1 Å². The van der Waals surface area contributed by atoms with Gasteiger partial charge in [-0.25, -0.2) is 4.79 Å². The fourth-order valence-corrected chi connectivity index (χ4v) is 6.44. The van der Waals surface area contributed by atoms with Crippen LogP contribution in [0.15, 0.2) is 78.9 Å². The second-order valence-electron chi connectivity index (χ2n) is 11.5. The highest BCUT2D eigenvalue weighted by molar-refractivity contribution is 5.75. The van der Waals surface area contributed by atoms with Crippen LogP contribution < -0.4 is 0 Å². The molecule has 2 saturated heterocycles. The van der Waals surface area contributed by atoms with Gasteiger partial charge in [0.25, 0.3) is 0 Å². The van der Waals surface area contributed by atoms with E-state index in [-0.39, 0.29) is 29.5 Å². The van der Waals surface area contributed by atoms with Crippen LogP contribution in [0.4, 0.5) is 31.1 Å². The van der Waals surface area contributed by atoms with Crippen LogP contribution in [0, 0.1) is 11.8 Å². The SMILES string of the molecule is CC(c1cc(C(F)(F)F)cc(C(F)(F)F)c1)N(C)C(=O)N1CC2CC(CN(Cc3ccccc3)C2)C1c1ccccc1. The minimum Gasteiger partial charge on any atom is -0.321 e. The molecule has 0 N–H and O–H groups in total. The molecule has 0 aliphatic carbocycles. The van der Waals surface area contributed by atoms with Crippen molar-refractivity contribution in [2.75, 3.05) is 26.7 Å². The van der Waals surface area contributed by atoms with Crippen LogP contribution in [0.1, 0.15) is 53.2 Å². The summed E-state index contributed by atoms with van der Waals surface area (Å²) in [7, 11) is 1.44. The Kier molecular flexibility index (Phi) is 8.29. The zero-order valence-electron chi connectivity index (χ0n) is 23.4. The number of alkyl halides is 6. The molecule has 2 fully saturated rings. The van der Waals surface area contributed by atoms with Crippen molar-refractivity contribution in [1.82, 2.24) is 14.7 Å². The molecule has 42 heavy (non-hydrogen) atoms. The van der Waals surface area contributed by atoms with E-state index in [0.29, 0.717) is 18.7 Å². The predicted octanol–water partition coefficient (Wildman–Crippen LogP) is 8.03. The van der Waals surface area contributed by atoms with E-state index in [0.717, 1.165) is 31.6 Å². The number of likely N-dealkylation sites (tertiary alicyclic amines) is 2. The smallest absolute Gasteiger partial charge is 0.321 e. The molecule has 0 aromatic heterocycles. The molecule has 10 heteroatoms. The van der Waals surface area contributed by atoms with Crippen molar-refractivity contribution < 1.29 is 31.1 Å². The van der Waals surface area contributed by atoms with Crippen LogP contribution in [0.2, 0.25) is 0 Å². The van der Waals surface area contributed by atoms with E-state index >= 15 is 0 Å². The van der Waals surface area contributed by atoms with Crippen molar-refractivity contribution in [2.24, 2.45) is 11.8 Å². The highest BCUT2D eigenvalue weighted by atomic mass is 19.4. The first-order valence-corrected chi connectivity index (χ1v) is 14.0. The third-order valence-corrected chi connectivity index (χ3v) is 8.49. The quantitative estimate of drug-likeness (QED) is 0.282. The Morgan fingerprint density at radius 2 is 1.43 bits per heavy atom. The Bertz CT molecular complexity index is 1340. The number of halogens is 6. The van der Waals surface area contributed by atoms with Gasteiger partial charge < -0.3 is 9.80 Å². The molecule has 224 valence electrons. The van der Waals surface area contributed by atoms with Crippen molar-refractivity contribution >= 4 is 6.03 Å². The van der Waals surface area contributed by atoms with Crippen LogP contribution in [0.5, 0.6) is 0 Å². The molecule has 0 saturated carbocycles. The van der Waals surface area contributed by atoms with Gasteiger partial charge in [-0.2, -0.15) is 26.3 Å². The van der Waals surface area contributed by atoms with E-state index in [1.165, 1.54) is 24.4 Å². The number of nitrogens with zero attached hydrogens (tertiary/aromatic N) is 3. The number of carbonyl (C=O) groups excluding carboxylic acids is 1. The van der Waals surface area contributed by atoms with Crippen LogP contribution in [0.3, 0.4) is 0 Å². The summed E-state index contributed by atoms with van der Waals surface area (Å²) in [6.45, 7) is 4.23. The number of urea groups is 1. The van der Waals surface area contributed by atoms with E-state index in [2.05, 4.69) is 17.0 Å². The average molecular weight is 590 g/mol. The molecular formula is C32H33F6N3O. The van der Waals surface area contributed by atoms with E-state index < -0.39 is 35.6 Å². The fraction of sp³-hybridized carbons (Fsp3) is 0.406. The monoisotopic (exact) mass is 589 g/mol. The normalized spacial score (nSPS) is 22.1. The molecule has 3 aromatic rings. The van der Waals surface area contributed by atoms with Gasteiger partial charge in [-0.1, -0.05) is 60.7 Å². The summed E-state index contributed by atoms with van der Waals surface area (Å²) in [5, 5.41) is 0. The summed E-state index contributed by atoms with van der Waals surface area (Å²) in [5.74, 6) is 0.298. The number of hydrogen-bond acceptors (Lipinski definition) is 2. The molecule has 2 aliphatic heterocycles. The van der Waals surface area contributed by atoms with Crippen LogP contribution in [-0.2, 0) is 18.9 Å². The van der Waals surface area contributed by atoms with Gasteiger partial charge in [0.15, 0.2) is 0 Å². The fourth-order valence-electron chi connectivity index (χ4n) is 6.44. The van der Waals surface area contributed by atoms with Gasteiger partial charge in [-0.3, -0.25) is 4.90 Å². The first kappa shape index (κ1) is 29.9. The molecule has 2 amide bonds. The van der Waals surface area contributed by atoms with E-state index in [4.69, 9.17) is 0 Å². The molecule has 4 unspecified atom stereocenters. The number of rotatable bonds is 5. The molecule has 2 aliphatic rings. The maximum Gasteiger partial charge on any atom is 0.416 e. The zero-order valence-corrected chi connectivity index (χ0v) is 23.4. The van der Waals surface area contributed by atoms with Gasteiger partial charge in [0, 0.05) is 33.2 Å². The maximum atomic E-state index is 14.1.